The van der Waals surface area contributed by atoms with Crippen molar-refractivity contribution in [2.45, 2.75) is 19.8 Å². The Bertz CT molecular complexity index is 812. The first kappa shape index (κ1) is 15.5. The van der Waals surface area contributed by atoms with Crippen LogP contribution in [0.1, 0.15) is 29.0 Å². The minimum absolute atomic E-state index is 0.167. The van der Waals surface area contributed by atoms with Crippen molar-refractivity contribution in [3.8, 4) is 0 Å². The van der Waals surface area contributed by atoms with Crippen LogP contribution in [0.2, 0.25) is 0 Å². The van der Waals surface area contributed by atoms with Gasteiger partial charge in [0.1, 0.15) is 5.76 Å². The number of sulfonamides is 1. The van der Waals surface area contributed by atoms with Crippen LogP contribution in [0.3, 0.4) is 0 Å². The fraction of sp³-hybridized carbons (Fsp3) is 0.333. The highest BCUT2D eigenvalue weighted by atomic mass is 32.2. The van der Waals surface area contributed by atoms with Gasteiger partial charge in [-0.15, -0.1) is 0 Å². The van der Waals surface area contributed by atoms with Crippen molar-refractivity contribution in [2.75, 3.05) is 21.9 Å². The average Bonchev–Trinajstić information content (AvgIpc) is 2.92. The number of rotatable bonds is 3. The van der Waals surface area contributed by atoms with Crippen LogP contribution in [0.5, 0.6) is 0 Å². The Morgan fingerprint density at radius 2 is 2.00 bits per heavy atom. The monoisotopic (exact) mass is 335 g/mol. The Morgan fingerprint density at radius 3 is 2.61 bits per heavy atom. The lowest BCUT2D eigenvalue weighted by molar-refractivity contribution is 0.102. The van der Waals surface area contributed by atoms with Gasteiger partial charge in [0.25, 0.3) is 5.91 Å². The third-order valence-electron chi connectivity index (χ3n) is 3.64. The molecule has 3 rings (SSSR count). The number of benzene rings is 1. The van der Waals surface area contributed by atoms with E-state index in [0.29, 0.717) is 35.8 Å². The van der Waals surface area contributed by atoms with Crippen LogP contribution < -0.4 is 9.62 Å². The summed E-state index contributed by atoms with van der Waals surface area (Å²) in [5.41, 5.74) is 1.00. The topological polar surface area (TPSA) is 92.5 Å². The van der Waals surface area contributed by atoms with Gasteiger partial charge in [0.15, 0.2) is 5.82 Å². The number of aryl methyl sites for hydroxylation is 1. The van der Waals surface area contributed by atoms with Gasteiger partial charge >= 0.3 is 0 Å². The molecule has 7 nitrogen and oxygen atoms in total. The van der Waals surface area contributed by atoms with E-state index in [0.717, 1.165) is 6.42 Å². The number of nitrogens with one attached hydrogen (secondary N) is 1. The molecule has 1 aliphatic rings. The standard InChI is InChI=1S/C15H17N3O4S/c1-11-10-14(17-22-11)16-15(19)12-4-6-13(7-5-12)18-8-2-3-9-23(18,20)21/h4-7,10H,2-3,8-9H2,1H3,(H,16,17,19). The first-order valence-electron chi connectivity index (χ1n) is 7.31. The lowest BCUT2D eigenvalue weighted by atomic mass is 10.2. The molecule has 0 bridgehead atoms. The summed E-state index contributed by atoms with van der Waals surface area (Å²) >= 11 is 0. The van der Waals surface area contributed by atoms with Gasteiger partial charge in [0.05, 0.1) is 11.4 Å². The summed E-state index contributed by atoms with van der Waals surface area (Å²) in [7, 11) is -3.25. The molecule has 8 heteroatoms. The van der Waals surface area contributed by atoms with Gasteiger partial charge in [0.2, 0.25) is 10.0 Å². The number of carbonyl (C=O) groups is 1. The lowest BCUT2D eigenvalue weighted by Crippen LogP contribution is -2.37. The van der Waals surface area contributed by atoms with Gasteiger partial charge < -0.3 is 9.84 Å². The molecule has 0 saturated carbocycles. The lowest BCUT2D eigenvalue weighted by Gasteiger charge is -2.28. The highest BCUT2D eigenvalue weighted by Gasteiger charge is 2.26. The van der Waals surface area contributed by atoms with Gasteiger partial charge in [0, 0.05) is 18.2 Å². The van der Waals surface area contributed by atoms with Crippen molar-refractivity contribution < 1.29 is 17.7 Å². The molecule has 122 valence electrons. The maximum absolute atomic E-state index is 12.1. The minimum Gasteiger partial charge on any atom is -0.360 e. The highest BCUT2D eigenvalue weighted by molar-refractivity contribution is 7.92. The van der Waals surface area contributed by atoms with Crippen LogP contribution in [0, 0.1) is 6.92 Å². The maximum atomic E-state index is 12.1. The van der Waals surface area contributed by atoms with Gasteiger partial charge in [-0.2, -0.15) is 0 Å². The molecule has 1 saturated heterocycles. The van der Waals surface area contributed by atoms with E-state index in [9.17, 15) is 13.2 Å². The summed E-state index contributed by atoms with van der Waals surface area (Å²) in [4.78, 5) is 12.1. The molecule has 1 aliphatic heterocycles. The molecule has 2 aromatic rings. The molecule has 0 atom stereocenters. The molecule has 1 fully saturated rings. The molecule has 1 N–H and O–H groups in total. The Labute approximate surface area is 134 Å². The molecule has 0 unspecified atom stereocenters. The van der Waals surface area contributed by atoms with E-state index in [4.69, 9.17) is 4.52 Å². The van der Waals surface area contributed by atoms with E-state index in [-0.39, 0.29) is 11.7 Å². The predicted octanol–water partition coefficient (Wildman–Crippen LogP) is 2.17. The molecule has 23 heavy (non-hydrogen) atoms. The normalized spacial score (nSPS) is 17.0. The quantitative estimate of drug-likeness (QED) is 0.928. The largest absolute Gasteiger partial charge is 0.360 e. The summed E-state index contributed by atoms with van der Waals surface area (Å²) in [5.74, 6) is 0.785. The predicted molar refractivity (Wildman–Crippen MR) is 86.0 cm³/mol. The van der Waals surface area contributed by atoms with Crippen molar-refractivity contribution in [2.24, 2.45) is 0 Å². The fourth-order valence-electron chi connectivity index (χ4n) is 2.47. The Hall–Kier alpha value is -2.35. The number of anilines is 2. The number of hydrogen-bond acceptors (Lipinski definition) is 5. The molecule has 0 aliphatic carbocycles. The number of nitrogens with zero attached hydrogens (tertiary/aromatic N) is 2. The number of aromatic nitrogens is 1. The summed E-state index contributed by atoms with van der Waals surface area (Å²) in [5, 5.41) is 6.32. The van der Waals surface area contributed by atoms with Gasteiger partial charge in [-0.05, 0) is 44.0 Å². The second-order valence-electron chi connectivity index (χ2n) is 5.42. The van der Waals surface area contributed by atoms with Crippen LogP contribution in [-0.4, -0.2) is 31.8 Å². The van der Waals surface area contributed by atoms with Crippen molar-refractivity contribution in [3.63, 3.8) is 0 Å². The third-order valence-corrected chi connectivity index (χ3v) is 5.51. The zero-order valence-corrected chi connectivity index (χ0v) is 13.5. The second kappa shape index (κ2) is 6.04. The molecule has 0 spiro atoms. The molecule has 0 radical (unpaired) electrons. The minimum atomic E-state index is -3.25. The molecular formula is C15H17N3O4S. The van der Waals surface area contributed by atoms with Crippen molar-refractivity contribution in [1.82, 2.24) is 5.16 Å². The second-order valence-corrected chi connectivity index (χ2v) is 7.43. The van der Waals surface area contributed by atoms with Crippen molar-refractivity contribution in [1.29, 1.82) is 0 Å². The van der Waals surface area contributed by atoms with Gasteiger partial charge in [-0.3, -0.25) is 9.10 Å². The number of hydrogen-bond donors (Lipinski definition) is 1. The molecule has 1 aromatic heterocycles. The molecule has 2 heterocycles. The smallest absolute Gasteiger partial charge is 0.256 e. The summed E-state index contributed by atoms with van der Waals surface area (Å²) in [6.45, 7) is 2.21. The van der Waals surface area contributed by atoms with Crippen molar-refractivity contribution >= 4 is 27.4 Å². The first-order valence-corrected chi connectivity index (χ1v) is 8.92. The Morgan fingerprint density at radius 1 is 1.26 bits per heavy atom. The Balaban J connectivity index is 1.75. The zero-order valence-electron chi connectivity index (χ0n) is 12.7. The molecule has 1 aromatic carbocycles. The average molecular weight is 335 g/mol. The zero-order chi connectivity index (χ0) is 16.4. The summed E-state index contributed by atoms with van der Waals surface area (Å²) < 4.78 is 30.4. The van der Waals surface area contributed by atoms with E-state index >= 15 is 0 Å². The van der Waals surface area contributed by atoms with Crippen LogP contribution in [0.25, 0.3) is 0 Å². The van der Waals surface area contributed by atoms with E-state index in [2.05, 4.69) is 10.5 Å². The summed E-state index contributed by atoms with van der Waals surface area (Å²) in [6, 6.07) is 8.10. The fourth-order valence-corrected chi connectivity index (χ4v) is 4.11. The van der Waals surface area contributed by atoms with Gasteiger partial charge in [-0.1, -0.05) is 5.16 Å². The first-order chi connectivity index (χ1) is 11.0. The number of amides is 1. The third kappa shape index (κ3) is 3.37. The highest BCUT2D eigenvalue weighted by Crippen LogP contribution is 2.24. The van der Waals surface area contributed by atoms with Crippen molar-refractivity contribution in [3.05, 3.63) is 41.7 Å². The van der Waals surface area contributed by atoms with Gasteiger partial charge in [-0.25, -0.2) is 8.42 Å². The van der Waals surface area contributed by atoms with E-state index < -0.39 is 10.0 Å². The van der Waals surface area contributed by atoms with E-state index in [1.165, 1.54) is 4.31 Å². The molecule has 1 amide bonds. The van der Waals surface area contributed by atoms with E-state index in [1.54, 1.807) is 37.3 Å². The van der Waals surface area contributed by atoms with Crippen LogP contribution in [0.15, 0.2) is 34.9 Å². The maximum Gasteiger partial charge on any atom is 0.256 e. The van der Waals surface area contributed by atoms with Crippen LogP contribution in [0.4, 0.5) is 11.5 Å². The van der Waals surface area contributed by atoms with Crippen LogP contribution >= 0.6 is 0 Å². The summed E-state index contributed by atoms with van der Waals surface area (Å²) in [6.07, 6.45) is 1.53. The Kier molecular flexibility index (Phi) is 4.08. The SMILES string of the molecule is Cc1cc(NC(=O)c2ccc(N3CCCCS3(=O)=O)cc2)no1. The molecular weight excluding hydrogens is 318 g/mol. The van der Waals surface area contributed by atoms with E-state index in [1.807, 2.05) is 0 Å². The van der Waals surface area contributed by atoms with Crippen LogP contribution in [-0.2, 0) is 10.0 Å². The number of carbonyl (C=O) groups excluding carboxylic acids is 1.